The monoisotopic (exact) mass is 468 g/mol. The number of fused-ring (bicyclic) bond motifs is 1. The Morgan fingerprint density at radius 3 is 2.40 bits per heavy atom. The molecule has 0 saturated carbocycles. The second-order valence-corrected chi connectivity index (χ2v) is 9.32. The van der Waals surface area contributed by atoms with Gasteiger partial charge in [-0.3, -0.25) is 4.79 Å². The summed E-state index contributed by atoms with van der Waals surface area (Å²) < 4.78 is 1.90. The molecule has 4 aromatic rings. The van der Waals surface area contributed by atoms with Gasteiger partial charge in [-0.15, -0.1) is 0 Å². The summed E-state index contributed by atoms with van der Waals surface area (Å²) in [7, 11) is 0. The van der Waals surface area contributed by atoms with Crippen LogP contribution in [0.3, 0.4) is 0 Å². The number of carbonyl (C=O) groups is 1. The van der Waals surface area contributed by atoms with Crippen LogP contribution >= 0.6 is 0 Å². The van der Waals surface area contributed by atoms with Crippen molar-refractivity contribution in [1.82, 2.24) is 24.6 Å². The van der Waals surface area contributed by atoms with Crippen molar-refractivity contribution < 1.29 is 4.79 Å². The quantitative estimate of drug-likeness (QED) is 0.399. The van der Waals surface area contributed by atoms with E-state index in [1.165, 1.54) is 0 Å². The number of hydrogen-bond acceptors (Lipinski definition) is 5. The van der Waals surface area contributed by atoms with Crippen molar-refractivity contribution in [3.8, 4) is 5.69 Å². The summed E-state index contributed by atoms with van der Waals surface area (Å²) in [6.45, 7) is 9.14. The molecule has 0 radical (unpaired) electrons. The minimum atomic E-state index is 0.102. The number of aromatic nitrogens is 4. The van der Waals surface area contributed by atoms with Crippen LogP contribution in [0.5, 0.6) is 0 Å². The molecule has 7 nitrogen and oxygen atoms in total. The maximum atomic E-state index is 13.1. The van der Waals surface area contributed by atoms with Crippen LogP contribution in [0.15, 0.2) is 60.8 Å². The third-order valence-corrected chi connectivity index (χ3v) is 6.83. The molecule has 1 amide bonds. The molecule has 1 aliphatic heterocycles. The van der Waals surface area contributed by atoms with Gasteiger partial charge >= 0.3 is 0 Å². The predicted octanol–water partition coefficient (Wildman–Crippen LogP) is 4.99. The van der Waals surface area contributed by atoms with Crippen LogP contribution in [-0.4, -0.2) is 56.7 Å². The Balaban J connectivity index is 1.46. The van der Waals surface area contributed by atoms with E-state index in [9.17, 15) is 4.79 Å². The molecule has 3 heterocycles. The maximum absolute atomic E-state index is 13.1. The Kier molecular flexibility index (Phi) is 6.49. The van der Waals surface area contributed by atoms with E-state index >= 15 is 0 Å². The highest BCUT2D eigenvalue weighted by atomic mass is 16.2. The van der Waals surface area contributed by atoms with Crippen molar-refractivity contribution in [2.75, 3.05) is 31.1 Å². The van der Waals surface area contributed by atoms with Crippen molar-refractivity contribution in [3.63, 3.8) is 0 Å². The Morgan fingerprint density at radius 2 is 1.69 bits per heavy atom. The fourth-order valence-corrected chi connectivity index (χ4v) is 4.80. The van der Waals surface area contributed by atoms with E-state index in [1.54, 1.807) is 0 Å². The van der Waals surface area contributed by atoms with Gasteiger partial charge in [-0.2, -0.15) is 5.10 Å². The van der Waals surface area contributed by atoms with Crippen LogP contribution < -0.4 is 4.90 Å². The minimum Gasteiger partial charge on any atom is -0.352 e. The first-order chi connectivity index (χ1) is 17.1. The van der Waals surface area contributed by atoms with Crippen molar-refractivity contribution in [2.24, 2.45) is 0 Å². The third kappa shape index (κ3) is 4.50. The van der Waals surface area contributed by atoms with Crippen molar-refractivity contribution in [3.05, 3.63) is 77.7 Å². The average molecular weight is 469 g/mol. The molecule has 1 aliphatic rings. The molecule has 0 unspecified atom stereocenters. The highest BCUT2D eigenvalue weighted by Gasteiger charge is 2.27. The number of nitrogens with zero attached hydrogens (tertiary/aromatic N) is 6. The molecule has 0 N–H and O–H groups in total. The molecule has 0 spiro atoms. The first-order valence-electron chi connectivity index (χ1n) is 12.5. The molecular formula is C28H32N6O. The van der Waals surface area contributed by atoms with Crippen LogP contribution in [0, 0.1) is 6.92 Å². The van der Waals surface area contributed by atoms with E-state index in [0.29, 0.717) is 13.1 Å². The third-order valence-electron chi connectivity index (χ3n) is 6.83. The number of para-hydroxylation sites is 1. The summed E-state index contributed by atoms with van der Waals surface area (Å²) in [5.74, 6) is 2.12. The maximum Gasteiger partial charge on any atom is 0.254 e. The van der Waals surface area contributed by atoms with Crippen LogP contribution in [0.1, 0.15) is 54.4 Å². The Hall–Kier alpha value is -3.74. The van der Waals surface area contributed by atoms with E-state index in [-0.39, 0.29) is 11.8 Å². The van der Waals surface area contributed by atoms with Gasteiger partial charge < -0.3 is 9.80 Å². The normalized spacial score (nSPS) is 14.9. The van der Waals surface area contributed by atoms with Gasteiger partial charge in [0, 0.05) is 37.7 Å². The lowest BCUT2D eigenvalue weighted by atomic mass is 10.1. The summed E-state index contributed by atoms with van der Waals surface area (Å²) in [5, 5.41) is 5.63. The first kappa shape index (κ1) is 23.0. The zero-order chi connectivity index (χ0) is 24.4. The minimum absolute atomic E-state index is 0.102. The number of piperazine rings is 1. The molecule has 1 atom stereocenters. The Labute approximate surface area is 206 Å². The van der Waals surface area contributed by atoms with Gasteiger partial charge in [0.15, 0.2) is 5.65 Å². The fraction of sp³-hybridized carbons (Fsp3) is 0.357. The number of hydrogen-bond donors (Lipinski definition) is 0. The predicted molar refractivity (Wildman–Crippen MR) is 139 cm³/mol. The number of benzene rings is 2. The van der Waals surface area contributed by atoms with Gasteiger partial charge in [-0.25, -0.2) is 14.6 Å². The molecule has 35 heavy (non-hydrogen) atoms. The fourth-order valence-electron chi connectivity index (χ4n) is 4.80. The highest BCUT2D eigenvalue weighted by molar-refractivity contribution is 5.96. The number of aryl methyl sites for hydroxylation is 1. The van der Waals surface area contributed by atoms with Crippen molar-refractivity contribution in [2.45, 2.75) is 39.5 Å². The largest absolute Gasteiger partial charge is 0.352 e. The molecule has 7 heteroatoms. The molecule has 1 fully saturated rings. The van der Waals surface area contributed by atoms with Gasteiger partial charge in [0.2, 0.25) is 0 Å². The summed E-state index contributed by atoms with van der Waals surface area (Å²) in [6.07, 6.45) is 3.98. The van der Waals surface area contributed by atoms with E-state index in [1.807, 2.05) is 77.3 Å². The lowest BCUT2D eigenvalue weighted by Crippen LogP contribution is -2.49. The SMILES string of the molecule is CCC[C@@H](C)c1nc(N2CCN(C(=O)c3ccccc3C)CC2)c2cnn(-c3ccccc3)c2n1. The van der Waals surface area contributed by atoms with E-state index < -0.39 is 0 Å². The van der Waals surface area contributed by atoms with Crippen LogP contribution in [-0.2, 0) is 0 Å². The summed E-state index contributed by atoms with van der Waals surface area (Å²) in [5.41, 5.74) is 3.61. The van der Waals surface area contributed by atoms with Gasteiger partial charge in [0.25, 0.3) is 5.91 Å². The standard InChI is InChI=1S/C28H32N6O/c1-4-10-21(3)25-30-26(24-19-29-34(27(24)31-25)22-12-6-5-7-13-22)32-15-17-33(18-16-32)28(35)23-14-9-8-11-20(23)2/h5-9,11-14,19,21H,4,10,15-18H2,1-3H3/t21-/m1/s1. The Bertz CT molecular complexity index is 1320. The van der Waals surface area contributed by atoms with Crippen molar-refractivity contribution >= 4 is 22.8 Å². The van der Waals surface area contributed by atoms with E-state index in [4.69, 9.17) is 9.97 Å². The second kappa shape index (κ2) is 9.86. The van der Waals surface area contributed by atoms with Crippen LogP contribution in [0.4, 0.5) is 5.82 Å². The van der Waals surface area contributed by atoms with E-state index in [2.05, 4.69) is 23.8 Å². The second-order valence-electron chi connectivity index (χ2n) is 9.32. The smallest absolute Gasteiger partial charge is 0.254 e. The molecule has 5 rings (SSSR count). The topological polar surface area (TPSA) is 67.2 Å². The van der Waals surface area contributed by atoms with Gasteiger partial charge in [-0.1, -0.05) is 56.7 Å². The van der Waals surface area contributed by atoms with E-state index in [0.717, 1.165) is 65.4 Å². The lowest BCUT2D eigenvalue weighted by Gasteiger charge is -2.36. The van der Waals surface area contributed by atoms with Gasteiger partial charge in [-0.05, 0) is 37.1 Å². The molecule has 1 saturated heterocycles. The molecule has 0 aliphatic carbocycles. The number of anilines is 1. The first-order valence-corrected chi connectivity index (χ1v) is 12.5. The van der Waals surface area contributed by atoms with Crippen molar-refractivity contribution in [1.29, 1.82) is 0 Å². The number of carbonyl (C=O) groups excluding carboxylic acids is 1. The molecule has 0 bridgehead atoms. The lowest BCUT2D eigenvalue weighted by molar-refractivity contribution is 0.0746. The summed E-state index contributed by atoms with van der Waals surface area (Å²) >= 11 is 0. The summed E-state index contributed by atoms with van der Waals surface area (Å²) in [6, 6.07) is 17.9. The zero-order valence-electron chi connectivity index (χ0n) is 20.7. The molecule has 2 aromatic heterocycles. The highest BCUT2D eigenvalue weighted by Crippen LogP contribution is 2.30. The van der Waals surface area contributed by atoms with Crippen LogP contribution in [0.2, 0.25) is 0 Å². The van der Waals surface area contributed by atoms with Gasteiger partial charge in [0.05, 0.1) is 17.3 Å². The number of rotatable bonds is 6. The molecule has 180 valence electrons. The van der Waals surface area contributed by atoms with Crippen LogP contribution in [0.25, 0.3) is 16.7 Å². The number of amides is 1. The molecule has 2 aromatic carbocycles. The molecular weight excluding hydrogens is 436 g/mol. The van der Waals surface area contributed by atoms with Gasteiger partial charge in [0.1, 0.15) is 11.6 Å². The average Bonchev–Trinajstić information content (AvgIpc) is 3.33. The zero-order valence-corrected chi connectivity index (χ0v) is 20.7. The Morgan fingerprint density at radius 1 is 0.971 bits per heavy atom. The summed E-state index contributed by atoms with van der Waals surface area (Å²) in [4.78, 5) is 27.4.